The van der Waals surface area contributed by atoms with E-state index in [1.807, 2.05) is 0 Å². The van der Waals surface area contributed by atoms with Crippen LogP contribution in [0, 0.1) is 5.82 Å². The molecule has 6 heteroatoms. The van der Waals surface area contributed by atoms with Crippen LogP contribution in [-0.4, -0.2) is 0 Å². The van der Waals surface area contributed by atoms with Gasteiger partial charge in [0.25, 0.3) is 0 Å². The minimum atomic E-state index is -8.12. The fourth-order valence-corrected chi connectivity index (χ4v) is 2.89. The topological polar surface area (TPSA) is 0 Å². The van der Waals surface area contributed by atoms with E-state index in [1.165, 1.54) is 6.07 Å². The molecule has 0 saturated carbocycles. The first kappa shape index (κ1) is 17.4. The summed E-state index contributed by atoms with van der Waals surface area (Å²) >= 11 is 0. The van der Waals surface area contributed by atoms with Crippen LogP contribution in [0.3, 0.4) is 0 Å². The molecule has 0 atom stereocenters. The van der Waals surface area contributed by atoms with Crippen LogP contribution in [0.5, 0.6) is 0 Å². The Balaban J connectivity index is 3.80. The average molecular weight is 314 g/mol. The number of hydrogen-bond acceptors (Lipinski definition) is 0. The Labute approximate surface area is 116 Å². The fourth-order valence-electron chi connectivity index (χ4n) is 2.18. The average Bonchev–Trinajstić information content (AvgIpc) is 2.09. The second-order valence-corrected chi connectivity index (χ2v) is 8.97. The van der Waals surface area contributed by atoms with Crippen molar-refractivity contribution in [3.05, 3.63) is 29.1 Å². The van der Waals surface area contributed by atoms with Crippen LogP contribution in [0.2, 0.25) is 0 Å². The molecule has 116 valence electrons. The molecule has 0 fully saturated rings. The molecule has 0 N–H and O–H groups in total. The van der Waals surface area contributed by atoms with E-state index in [9.17, 15) is 21.2 Å². The first-order valence-corrected chi connectivity index (χ1v) is 8.05. The van der Waals surface area contributed by atoms with Gasteiger partial charge in [-0.3, -0.25) is 0 Å². The molecule has 20 heavy (non-hydrogen) atoms. The van der Waals surface area contributed by atoms with Gasteiger partial charge in [-0.1, -0.05) is 0 Å². The van der Waals surface area contributed by atoms with Crippen molar-refractivity contribution in [1.82, 2.24) is 0 Å². The zero-order chi connectivity index (χ0) is 16.2. The number of hydrogen-bond donors (Lipinski definition) is 0. The molecule has 0 unspecified atom stereocenters. The van der Waals surface area contributed by atoms with Crippen molar-refractivity contribution in [2.75, 3.05) is 0 Å². The first-order valence-electron chi connectivity index (χ1n) is 6.25. The maximum absolute atomic E-state index is 14.4. The van der Waals surface area contributed by atoms with E-state index in [0.29, 0.717) is 11.6 Å². The van der Waals surface area contributed by atoms with Gasteiger partial charge in [-0.15, -0.1) is 0 Å². The van der Waals surface area contributed by atoms with Crippen molar-refractivity contribution in [1.29, 1.82) is 0 Å². The second-order valence-electron chi connectivity index (χ2n) is 7.04. The normalized spacial score (nSPS) is 15.8. The molecule has 1 aromatic carbocycles. The standard InChI is InChI=1S/C14H20F5P/c1-13(2,3)9-7-8-10(20(16,17,18)19)12(15)11(9)14(4,5)6/h7-8H,1-6H3. The van der Waals surface area contributed by atoms with Crippen LogP contribution in [0.25, 0.3) is 0 Å². The zero-order valence-corrected chi connectivity index (χ0v) is 13.4. The Morgan fingerprint density at radius 1 is 0.800 bits per heavy atom. The molecule has 0 aliphatic heterocycles. The van der Waals surface area contributed by atoms with Gasteiger partial charge in [-0.25, -0.2) is 0 Å². The third kappa shape index (κ3) is 3.49. The number of benzene rings is 1. The van der Waals surface area contributed by atoms with E-state index in [0.717, 1.165) is 0 Å². The minimum absolute atomic E-state index is 0.0675. The van der Waals surface area contributed by atoms with Gasteiger partial charge in [0, 0.05) is 0 Å². The maximum atomic E-state index is 14.4. The molecule has 0 nitrogen and oxygen atoms in total. The van der Waals surface area contributed by atoms with Crippen molar-refractivity contribution in [2.24, 2.45) is 0 Å². The number of rotatable bonds is 1. The monoisotopic (exact) mass is 314 g/mol. The van der Waals surface area contributed by atoms with Crippen molar-refractivity contribution in [2.45, 2.75) is 52.4 Å². The molecule has 0 bridgehead atoms. The van der Waals surface area contributed by atoms with Gasteiger partial charge in [-0.05, 0) is 0 Å². The van der Waals surface area contributed by atoms with Crippen LogP contribution in [0.4, 0.5) is 21.2 Å². The molecular formula is C14H20F5P. The third-order valence-electron chi connectivity index (χ3n) is 3.04. The van der Waals surface area contributed by atoms with Crippen molar-refractivity contribution < 1.29 is 21.2 Å². The molecular weight excluding hydrogens is 294 g/mol. The van der Waals surface area contributed by atoms with Crippen molar-refractivity contribution in [3.8, 4) is 0 Å². The molecule has 0 spiro atoms. The van der Waals surface area contributed by atoms with Crippen LogP contribution in [0.15, 0.2) is 12.1 Å². The molecule has 0 aromatic heterocycles. The van der Waals surface area contributed by atoms with E-state index in [4.69, 9.17) is 0 Å². The van der Waals surface area contributed by atoms with Crippen molar-refractivity contribution in [3.63, 3.8) is 0 Å². The molecule has 0 heterocycles. The predicted octanol–water partition coefficient (Wildman–Crippen LogP) is 6.14. The zero-order valence-electron chi connectivity index (χ0n) is 12.5. The Morgan fingerprint density at radius 3 is 1.55 bits per heavy atom. The summed E-state index contributed by atoms with van der Waals surface area (Å²) in [6.07, 6.45) is 0. The van der Waals surface area contributed by atoms with Gasteiger partial charge >= 0.3 is 116 Å². The molecule has 0 saturated heterocycles. The van der Waals surface area contributed by atoms with Gasteiger partial charge < -0.3 is 0 Å². The van der Waals surface area contributed by atoms with Crippen molar-refractivity contribution >= 4 is 13.2 Å². The number of halogens is 5. The molecule has 0 amide bonds. The molecule has 0 aliphatic carbocycles. The van der Waals surface area contributed by atoms with Gasteiger partial charge in [-0.2, -0.15) is 0 Å². The summed E-state index contributed by atoms with van der Waals surface area (Å²) in [6, 6.07) is 1.72. The quantitative estimate of drug-likeness (QED) is 0.431. The SMILES string of the molecule is CC(C)(C)c1ccc(P(F)(F)(F)F)c(F)c1C(C)(C)C. The predicted molar refractivity (Wildman–Crippen MR) is 74.8 cm³/mol. The third-order valence-corrected chi connectivity index (χ3v) is 4.12. The Kier molecular flexibility index (Phi) is 3.81. The molecule has 1 aromatic rings. The summed E-state index contributed by atoms with van der Waals surface area (Å²) in [5.74, 6) is -1.47. The van der Waals surface area contributed by atoms with Crippen LogP contribution >= 0.6 is 7.85 Å². The Morgan fingerprint density at radius 2 is 1.25 bits per heavy atom. The summed E-state index contributed by atoms with van der Waals surface area (Å²) in [6.45, 7) is 10.2. The van der Waals surface area contributed by atoms with E-state index in [1.54, 1.807) is 41.5 Å². The first-order chi connectivity index (χ1) is 8.52. The molecule has 0 aliphatic rings. The van der Waals surface area contributed by atoms with Gasteiger partial charge in [0.2, 0.25) is 0 Å². The molecule has 1 rings (SSSR count). The Hall–Kier alpha value is -0.700. The van der Waals surface area contributed by atoms with E-state index >= 15 is 0 Å². The van der Waals surface area contributed by atoms with Crippen LogP contribution in [0.1, 0.15) is 52.7 Å². The summed E-state index contributed by atoms with van der Waals surface area (Å²) in [5.41, 5.74) is -0.983. The van der Waals surface area contributed by atoms with E-state index in [2.05, 4.69) is 0 Å². The van der Waals surface area contributed by atoms with E-state index < -0.39 is 29.8 Å². The van der Waals surface area contributed by atoms with E-state index in [-0.39, 0.29) is 5.56 Å². The van der Waals surface area contributed by atoms with Gasteiger partial charge in [0.1, 0.15) is 0 Å². The van der Waals surface area contributed by atoms with Gasteiger partial charge in [0.15, 0.2) is 0 Å². The Bertz CT molecular complexity index is 520. The summed E-state index contributed by atoms with van der Waals surface area (Å²) in [5, 5.41) is -1.74. The van der Waals surface area contributed by atoms with Gasteiger partial charge in [0.05, 0.1) is 0 Å². The summed E-state index contributed by atoms with van der Waals surface area (Å²) < 4.78 is 66.2. The second kappa shape index (κ2) is 4.40. The summed E-state index contributed by atoms with van der Waals surface area (Å²) in [4.78, 5) is 0. The fraction of sp³-hybridized carbons (Fsp3) is 0.571. The van der Waals surface area contributed by atoms with Crippen LogP contribution < -0.4 is 5.30 Å². The molecule has 0 radical (unpaired) electrons. The van der Waals surface area contributed by atoms with Crippen LogP contribution in [-0.2, 0) is 10.8 Å². The summed E-state index contributed by atoms with van der Waals surface area (Å²) in [7, 11) is -8.12.